The number of para-hydroxylation sites is 1. The molecule has 0 aliphatic carbocycles. The monoisotopic (exact) mass is 294 g/mol. The van der Waals surface area contributed by atoms with E-state index in [0.717, 1.165) is 0 Å². The number of hydrogen-bond donors (Lipinski definition) is 0. The number of pyridine rings is 1. The molecular formula is C15H10N4OS. The average molecular weight is 294 g/mol. The molecule has 0 unspecified atom stereocenters. The molecule has 0 saturated carbocycles. The second kappa shape index (κ2) is 5.77. The van der Waals surface area contributed by atoms with Crippen molar-refractivity contribution in [1.29, 1.82) is 5.26 Å². The van der Waals surface area contributed by atoms with Crippen LogP contribution < -0.4 is 5.56 Å². The maximum Gasteiger partial charge on any atom is 0.266 e. The average Bonchev–Trinajstić information content (AvgIpc) is 2.54. The molecule has 1 aromatic carbocycles. The molecule has 0 saturated heterocycles. The van der Waals surface area contributed by atoms with Gasteiger partial charge in [-0.2, -0.15) is 5.26 Å². The third-order valence-corrected chi connectivity index (χ3v) is 3.72. The minimum absolute atomic E-state index is 0.158. The number of fused-ring (bicyclic) bond motifs is 1. The lowest BCUT2D eigenvalue weighted by atomic mass is 10.2. The highest BCUT2D eigenvalue weighted by Gasteiger charge is 2.12. The zero-order chi connectivity index (χ0) is 14.7. The summed E-state index contributed by atoms with van der Waals surface area (Å²) >= 11 is 1.23. The lowest BCUT2D eigenvalue weighted by Crippen LogP contribution is -2.21. The Kier molecular flexibility index (Phi) is 3.67. The van der Waals surface area contributed by atoms with Gasteiger partial charge in [-0.15, -0.1) is 0 Å². The van der Waals surface area contributed by atoms with Crippen molar-refractivity contribution in [2.24, 2.45) is 0 Å². The van der Waals surface area contributed by atoms with E-state index in [1.54, 1.807) is 42.7 Å². The lowest BCUT2D eigenvalue weighted by Gasteiger charge is -2.11. The van der Waals surface area contributed by atoms with Crippen molar-refractivity contribution in [3.05, 3.63) is 59.1 Å². The van der Waals surface area contributed by atoms with E-state index in [0.29, 0.717) is 21.7 Å². The van der Waals surface area contributed by atoms with Gasteiger partial charge >= 0.3 is 0 Å². The van der Waals surface area contributed by atoms with Gasteiger partial charge in [-0.05, 0) is 24.3 Å². The normalized spacial score (nSPS) is 10.4. The number of nitriles is 1. The smallest absolute Gasteiger partial charge is 0.266 e. The molecule has 0 N–H and O–H groups in total. The van der Waals surface area contributed by atoms with Gasteiger partial charge in [0.25, 0.3) is 5.56 Å². The predicted molar refractivity (Wildman–Crippen MR) is 81.5 cm³/mol. The molecule has 0 atom stereocenters. The summed E-state index contributed by atoms with van der Waals surface area (Å²) < 4.78 is 1.50. The first-order valence-corrected chi connectivity index (χ1v) is 7.22. The topological polar surface area (TPSA) is 71.6 Å². The van der Waals surface area contributed by atoms with Gasteiger partial charge in [-0.25, -0.2) is 4.98 Å². The molecule has 3 aromatic rings. The van der Waals surface area contributed by atoms with Crippen molar-refractivity contribution in [1.82, 2.24) is 14.5 Å². The van der Waals surface area contributed by atoms with E-state index in [1.807, 2.05) is 6.07 Å². The van der Waals surface area contributed by atoms with Crippen molar-refractivity contribution in [3.8, 4) is 11.8 Å². The summed E-state index contributed by atoms with van der Waals surface area (Å²) in [5.41, 5.74) is 1.11. The van der Waals surface area contributed by atoms with E-state index in [9.17, 15) is 4.79 Å². The predicted octanol–water partition coefficient (Wildman–Crippen LogP) is 2.40. The van der Waals surface area contributed by atoms with Crippen molar-refractivity contribution < 1.29 is 0 Å². The molecule has 2 aromatic heterocycles. The Hall–Kier alpha value is -2.65. The van der Waals surface area contributed by atoms with Crippen molar-refractivity contribution >= 4 is 22.7 Å². The van der Waals surface area contributed by atoms with E-state index >= 15 is 0 Å². The van der Waals surface area contributed by atoms with Gasteiger partial charge in [0.1, 0.15) is 0 Å². The van der Waals surface area contributed by atoms with E-state index in [2.05, 4.69) is 16.0 Å². The first kappa shape index (κ1) is 13.3. The van der Waals surface area contributed by atoms with Gasteiger partial charge < -0.3 is 0 Å². The summed E-state index contributed by atoms with van der Waals surface area (Å²) in [6.45, 7) is 0. The number of nitrogens with zero attached hydrogens (tertiary/aromatic N) is 4. The van der Waals surface area contributed by atoms with Crippen LogP contribution in [-0.4, -0.2) is 20.3 Å². The largest absolute Gasteiger partial charge is 0.268 e. The maximum atomic E-state index is 12.7. The molecule has 0 aliphatic rings. The molecule has 6 heteroatoms. The van der Waals surface area contributed by atoms with Crippen LogP contribution in [0, 0.1) is 11.3 Å². The number of benzene rings is 1. The van der Waals surface area contributed by atoms with Gasteiger partial charge in [0.15, 0.2) is 5.16 Å². The fourth-order valence-electron chi connectivity index (χ4n) is 2.02. The summed E-state index contributed by atoms with van der Waals surface area (Å²) in [5, 5.41) is 9.81. The second-order valence-corrected chi connectivity index (χ2v) is 5.15. The van der Waals surface area contributed by atoms with Crippen LogP contribution in [0.1, 0.15) is 0 Å². The maximum absolute atomic E-state index is 12.7. The van der Waals surface area contributed by atoms with Gasteiger partial charge in [0, 0.05) is 6.20 Å². The van der Waals surface area contributed by atoms with Crippen molar-refractivity contribution in [2.75, 3.05) is 5.75 Å². The molecule has 0 aliphatic heterocycles. The summed E-state index contributed by atoms with van der Waals surface area (Å²) in [4.78, 5) is 21.3. The number of hydrogen-bond acceptors (Lipinski definition) is 5. The zero-order valence-electron chi connectivity index (χ0n) is 10.9. The summed E-state index contributed by atoms with van der Waals surface area (Å²) in [6, 6.07) is 12.8. The van der Waals surface area contributed by atoms with Gasteiger partial charge in [0.2, 0.25) is 0 Å². The first-order chi connectivity index (χ1) is 10.3. The SMILES string of the molecule is N#CCSc1nc2ccccc2c(=O)n1-c1cccnc1. The minimum atomic E-state index is -0.158. The lowest BCUT2D eigenvalue weighted by molar-refractivity contribution is 0.816. The number of rotatable bonds is 3. The summed E-state index contributed by atoms with van der Waals surface area (Å²) in [5.74, 6) is 0.227. The van der Waals surface area contributed by atoms with Gasteiger partial charge in [-0.1, -0.05) is 23.9 Å². The minimum Gasteiger partial charge on any atom is -0.268 e. The van der Waals surface area contributed by atoms with Gasteiger partial charge in [-0.3, -0.25) is 14.3 Å². The van der Waals surface area contributed by atoms with Crippen LogP contribution >= 0.6 is 11.8 Å². The Morgan fingerprint density at radius 3 is 2.86 bits per heavy atom. The van der Waals surface area contributed by atoms with Crippen LogP contribution in [0.4, 0.5) is 0 Å². The van der Waals surface area contributed by atoms with E-state index in [-0.39, 0.29) is 11.3 Å². The first-order valence-electron chi connectivity index (χ1n) is 6.23. The van der Waals surface area contributed by atoms with E-state index < -0.39 is 0 Å². The molecule has 0 spiro atoms. The Morgan fingerprint density at radius 1 is 1.24 bits per heavy atom. The molecule has 0 radical (unpaired) electrons. The Labute approximate surface area is 124 Å². The molecular weight excluding hydrogens is 284 g/mol. The fraction of sp³-hybridized carbons (Fsp3) is 0.0667. The molecule has 2 heterocycles. The molecule has 5 nitrogen and oxygen atoms in total. The third kappa shape index (κ3) is 2.51. The number of thioether (sulfide) groups is 1. The summed E-state index contributed by atoms with van der Waals surface area (Å²) in [6.07, 6.45) is 3.25. The Balaban J connectivity index is 2.32. The van der Waals surface area contributed by atoms with Crippen LogP contribution in [0.25, 0.3) is 16.6 Å². The molecule has 0 amide bonds. The zero-order valence-corrected chi connectivity index (χ0v) is 11.7. The second-order valence-electron chi connectivity index (χ2n) is 4.21. The molecule has 0 bridgehead atoms. The van der Waals surface area contributed by atoms with E-state index in [4.69, 9.17) is 5.26 Å². The highest BCUT2D eigenvalue weighted by Crippen LogP contribution is 2.20. The highest BCUT2D eigenvalue weighted by molar-refractivity contribution is 7.99. The van der Waals surface area contributed by atoms with Crippen LogP contribution in [-0.2, 0) is 0 Å². The molecule has 0 fully saturated rings. The van der Waals surface area contributed by atoms with Crippen LogP contribution in [0.5, 0.6) is 0 Å². The third-order valence-electron chi connectivity index (χ3n) is 2.91. The fourth-order valence-corrected chi connectivity index (χ4v) is 2.69. The Morgan fingerprint density at radius 2 is 2.10 bits per heavy atom. The van der Waals surface area contributed by atoms with Crippen LogP contribution in [0.3, 0.4) is 0 Å². The Bertz CT molecular complexity index is 884. The van der Waals surface area contributed by atoms with Crippen LogP contribution in [0.2, 0.25) is 0 Å². The van der Waals surface area contributed by atoms with E-state index in [1.165, 1.54) is 16.3 Å². The van der Waals surface area contributed by atoms with Gasteiger partial charge in [0.05, 0.1) is 34.6 Å². The molecule has 102 valence electrons. The van der Waals surface area contributed by atoms with Crippen LogP contribution in [0.15, 0.2) is 58.7 Å². The quantitative estimate of drug-likeness (QED) is 0.548. The standard InChI is InChI=1S/C15H10N4OS/c16-7-9-21-15-18-13-6-2-1-5-12(13)14(20)19(15)11-4-3-8-17-10-11/h1-6,8,10H,9H2. The van der Waals surface area contributed by atoms with Crippen molar-refractivity contribution in [2.45, 2.75) is 5.16 Å². The highest BCUT2D eigenvalue weighted by atomic mass is 32.2. The van der Waals surface area contributed by atoms with Crippen molar-refractivity contribution in [3.63, 3.8) is 0 Å². The number of aromatic nitrogens is 3. The molecule has 21 heavy (non-hydrogen) atoms. The molecule has 3 rings (SSSR count). The summed E-state index contributed by atoms with van der Waals surface area (Å²) in [7, 11) is 0.